The number of pyridine rings is 2. The van der Waals surface area contributed by atoms with Crippen molar-refractivity contribution in [2.24, 2.45) is 0 Å². The van der Waals surface area contributed by atoms with Crippen LogP contribution in [0.25, 0.3) is 0 Å². The third-order valence-electron chi connectivity index (χ3n) is 3.21. The standard InChI is InChI=1S/2C9H11NO2/c1-6(2)8-4-3-7(5-10-8)9(11)12;1-6(2)7-4-3-5-8(10-7)9(11)12/h2*3-6H,1-2H3,(H,11,12). The second kappa shape index (κ2) is 8.76. The van der Waals surface area contributed by atoms with E-state index in [1.165, 1.54) is 12.3 Å². The van der Waals surface area contributed by atoms with E-state index >= 15 is 0 Å². The van der Waals surface area contributed by atoms with Gasteiger partial charge in [0.15, 0.2) is 0 Å². The minimum atomic E-state index is -0.975. The Morgan fingerprint density at radius 1 is 0.875 bits per heavy atom. The summed E-state index contributed by atoms with van der Waals surface area (Å²) in [6, 6.07) is 8.36. The molecule has 0 aliphatic rings. The fraction of sp³-hybridized carbons (Fsp3) is 0.333. The van der Waals surface area contributed by atoms with E-state index in [1.54, 1.807) is 18.2 Å². The van der Waals surface area contributed by atoms with Crippen LogP contribution in [-0.2, 0) is 0 Å². The number of aromatic carboxylic acids is 2. The predicted molar refractivity (Wildman–Crippen MR) is 90.6 cm³/mol. The maximum Gasteiger partial charge on any atom is 0.354 e. The van der Waals surface area contributed by atoms with Gasteiger partial charge in [-0.3, -0.25) is 4.98 Å². The Bertz CT molecular complexity index is 694. The molecule has 0 bridgehead atoms. The van der Waals surface area contributed by atoms with Crippen LogP contribution in [0.5, 0.6) is 0 Å². The highest BCUT2D eigenvalue weighted by molar-refractivity contribution is 5.87. The van der Waals surface area contributed by atoms with Crippen LogP contribution in [0, 0.1) is 0 Å². The summed E-state index contributed by atoms with van der Waals surface area (Å²) in [5.74, 6) is -1.30. The SMILES string of the molecule is CC(C)c1ccc(C(=O)O)cn1.CC(C)c1cccc(C(=O)O)n1. The molecular formula is C18H22N2O4. The summed E-state index contributed by atoms with van der Waals surface area (Å²) in [6.07, 6.45) is 1.39. The Labute approximate surface area is 141 Å². The first-order chi connectivity index (χ1) is 11.2. The lowest BCUT2D eigenvalue weighted by atomic mass is 10.1. The zero-order valence-corrected chi connectivity index (χ0v) is 14.2. The zero-order chi connectivity index (χ0) is 18.3. The van der Waals surface area contributed by atoms with Gasteiger partial charge in [-0.25, -0.2) is 14.6 Å². The first-order valence-electron chi connectivity index (χ1n) is 7.61. The van der Waals surface area contributed by atoms with Crippen molar-refractivity contribution in [3.05, 3.63) is 59.2 Å². The first kappa shape index (κ1) is 19.3. The molecule has 2 rings (SSSR count). The van der Waals surface area contributed by atoms with E-state index in [-0.39, 0.29) is 17.2 Å². The molecular weight excluding hydrogens is 308 g/mol. The lowest BCUT2D eigenvalue weighted by Gasteiger charge is -2.03. The monoisotopic (exact) mass is 330 g/mol. The molecule has 0 aromatic carbocycles. The van der Waals surface area contributed by atoms with Crippen molar-refractivity contribution in [3.8, 4) is 0 Å². The number of hydrogen-bond donors (Lipinski definition) is 2. The summed E-state index contributed by atoms with van der Waals surface area (Å²) >= 11 is 0. The van der Waals surface area contributed by atoms with Gasteiger partial charge in [-0.05, 0) is 36.1 Å². The Balaban J connectivity index is 0.000000240. The van der Waals surface area contributed by atoms with Crippen molar-refractivity contribution >= 4 is 11.9 Å². The molecule has 24 heavy (non-hydrogen) atoms. The molecule has 2 aromatic rings. The van der Waals surface area contributed by atoms with E-state index in [4.69, 9.17) is 10.2 Å². The van der Waals surface area contributed by atoms with Crippen LogP contribution >= 0.6 is 0 Å². The number of carboxylic acids is 2. The Kier molecular flexibility index (Phi) is 7.04. The molecule has 0 unspecified atom stereocenters. The van der Waals surface area contributed by atoms with Crippen LogP contribution in [0.4, 0.5) is 0 Å². The molecule has 0 aliphatic heterocycles. The minimum Gasteiger partial charge on any atom is -0.478 e. The summed E-state index contributed by atoms with van der Waals surface area (Å²) in [7, 11) is 0. The predicted octanol–water partition coefficient (Wildman–Crippen LogP) is 3.81. The second-order valence-electron chi connectivity index (χ2n) is 5.84. The van der Waals surface area contributed by atoms with Crippen molar-refractivity contribution < 1.29 is 19.8 Å². The van der Waals surface area contributed by atoms with Gasteiger partial charge >= 0.3 is 11.9 Å². The molecule has 2 heterocycles. The number of rotatable bonds is 4. The topological polar surface area (TPSA) is 100 Å². The van der Waals surface area contributed by atoms with Crippen molar-refractivity contribution in [2.75, 3.05) is 0 Å². The number of hydrogen-bond acceptors (Lipinski definition) is 4. The minimum absolute atomic E-state index is 0.112. The van der Waals surface area contributed by atoms with Crippen LogP contribution in [0.3, 0.4) is 0 Å². The van der Waals surface area contributed by atoms with Crippen molar-refractivity contribution in [1.29, 1.82) is 0 Å². The second-order valence-corrected chi connectivity index (χ2v) is 5.84. The van der Waals surface area contributed by atoms with E-state index in [0.717, 1.165) is 11.4 Å². The van der Waals surface area contributed by atoms with Crippen LogP contribution in [0.2, 0.25) is 0 Å². The van der Waals surface area contributed by atoms with Crippen LogP contribution in [0.15, 0.2) is 36.5 Å². The highest BCUT2D eigenvalue weighted by Gasteiger charge is 2.06. The van der Waals surface area contributed by atoms with E-state index < -0.39 is 11.9 Å². The van der Waals surface area contributed by atoms with E-state index in [2.05, 4.69) is 9.97 Å². The largest absolute Gasteiger partial charge is 0.478 e. The van der Waals surface area contributed by atoms with Crippen molar-refractivity contribution in [3.63, 3.8) is 0 Å². The van der Waals surface area contributed by atoms with Gasteiger partial charge in [0.25, 0.3) is 0 Å². The quantitative estimate of drug-likeness (QED) is 0.884. The van der Waals surface area contributed by atoms with Crippen LogP contribution < -0.4 is 0 Å². The molecule has 0 saturated heterocycles. The highest BCUT2D eigenvalue weighted by Crippen LogP contribution is 2.11. The van der Waals surface area contributed by atoms with Gasteiger partial charge in [-0.2, -0.15) is 0 Å². The van der Waals surface area contributed by atoms with Crippen LogP contribution in [0.1, 0.15) is 71.8 Å². The number of nitrogens with zero attached hydrogens (tertiary/aromatic N) is 2. The number of carboxylic acid groups (broad SMARTS) is 2. The molecule has 128 valence electrons. The summed E-state index contributed by atoms with van der Waals surface area (Å²) in [5.41, 5.74) is 2.08. The summed E-state index contributed by atoms with van der Waals surface area (Å²) in [4.78, 5) is 28.9. The van der Waals surface area contributed by atoms with Gasteiger partial charge < -0.3 is 10.2 Å². The molecule has 0 spiro atoms. The van der Waals surface area contributed by atoms with Crippen molar-refractivity contribution in [1.82, 2.24) is 9.97 Å². The zero-order valence-electron chi connectivity index (χ0n) is 14.2. The average molecular weight is 330 g/mol. The van der Waals surface area contributed by atoms with E-state index in [0.29, 0.717) is 5.92 Å². The molecule has 2 N–H and O–H groups in total. The molecule has 0 radical (unpaired) electrons. The average Bonchev–Trinajstić information content (AvgIpc) is 2.55. The summed E-state index contributed by atoms with van der Waals surface area (Å²) in [5, 5.41) is 17.2. The normalized spacial score (nSPS) is 10.2. The third kappa shape index (κ3) is 5.79. The highest BCUT2D eigenvalue weighted by atomic mass is 16.4. The molecule has 6 heteroatoms. The smallest absolute Gasteiger partial charge is 0.354 e. The number of aromatic nitrogens is 2. The lowest BCUT2D eigenvalue weighted by molar-refractivity contribution is 0.0682. The van der Waals surface area contributed by atoms with E-state index in [1.807, 2.05) is 33.8 Å². The fourth-order valence-electron chi connectivity index (χ4n) is 1.77. The summed E-state index contributed by atoms with van der Waals surface area (Å²) < 4.78 is 0. The van der Waals surface area contributed by atoms with Crippen LogP contribution in [-0.4, -0.2) is 32.1 Å². The van der Waals surface area contributed by atoms with E-state index in [9.17, 15) is 9.59 Å². The number of carbonyl (C=O) groups is 2. The molecule has 0 saturated carbocycles. The van der Waals surface area contributed by atoms with Crippen molar-refractivity contribution in [2.45, 2.75) is 39.5 Å². The maximum atomic E-state index is 10.5. The lowest BCUT2D eigenvalue weighted by Crippen LogP contribution is -2.03. The molecule has 0 amide bonds. The Hall–Kier alpha value is -2.76. The Morgan fingerprint density at radius 2 is 1.50 bits per heavy atom. The Morgan fingerprint density at radius 3 is 1.92 bits per heavy atom. The molecule has 0 fully saturated rings. The van der Waals surface area contributed by atoms with Gasteiger partial charge in [0, 0.05) is 17.6 Å². The molecule has 2 aromatic heterocycles. The molecule has 0 atom stereocenters. The van der Waals surface area contributed by atoms with Gasteiger partial charge in [0.1, 0.15) is 5.69 Å². The molecule has 6 nitrogen and oxygen atoms in total. The third-order valence-corrected chi connectivity index (χ3v) is 3.21. The van der Waals surface area contributed by atoms with Gasteiger partial charge in [0.2, 0.25) is 0 Å². The maximum absolute atomic E-state index is 10.5. The molecule has 0 aliphatic carbocycles. The van der Waals surface area contributed by atoms with Gasteiger partial charge in [-0.1, -0.05) is 33.8 Å². The summed E-state index contributed by atoms with van der Waals surface area (Å²) in [6.45, 7) is 7.99. The fourth-order valence-corrected chi connectivity index (χ4v) is 1.77. The van der Waals surface area contributed by atoms with Gasteiger partial charge in [0.05, 0.1) is 5.56 Å². The van der Waals surface area contributed by atoms with Gasteiger partial charge in [-0.15, -0.1) is 0 Å². The first-order valence-corrected chi connectivity index (χ1v) is 7.61.